The summed E-state index contributed by atoms with van der Waals surface area (Å²) >= 11 is 0. The number of aromatic nitrogens is 5. The molecule has 2 fully saturated rings. The van der Waals surface area contributed by atoms with E-state index in [0.29, 0.717) is 47.7 Å². The largest absolute Gasteiger partial charge is 0.338 e. The van der Waals surface area contributed by atoms with Crippen molar-refractivity contribution in [3.8, 4) is 5.69 Å². The molecule has 1 aliphatic carbocycles. The van der Waals surface area contributed by atoms with Crippen LogP contribution in [0.4, 0.5) is 10.3 Å². The Bertz CT molecular complexity index is 1340. The zero-order valence-corrected chi connectivity index (χ0v) is 17.9. The van der Waals surface area contributed by atoms with Crippen molar-refractivity contribution in [3.63, 3.8) is 0 Å². The summed E-state index contributed by atoms with van der Waals surface area (Å²) < 4.78 is 13.5. The Labute approximate surface area is 189 Å². The minimum atomic E-state index is -0.301. The van der Waals surface area contributed by atoms with E-state index in [9.17, 15) is 9.18 Å². The van der Waals surface area contributed by atoms with Crippen LogP contribution in [-0.4, -0.2) is 61.9 Å². The highest BCUT2D eigenvalue weighted by atomic mass is 19.1. The van der Waals surface area contributed by atoms with Crippen LogP contribution in [0.2, 0.25) is 0 Å². The number of benzene rings is 2. The van der Waals surface area contributed by atoms with Crippen LogP contribution >= 0.6 is 0 Å². The minimum absolute atomic E-state index is 0.0223. The van der Waals surface area contributed by atoms with Gasteiger partial charge in [0.05, 0.1) is 29.2 Å². The molecule has 1 saturated carbocycles. The van der Waals surface area contributed by atoms with Crippen molar-refractivity contribution in [2.24, 2.45) is 5.41 Å². The second-order valence-corrected chi connectivity index (χ2v) is 8.86. The number of rotatable bonds is 3. The summed E-state index contributed by atoms with van der Waals surface area (Å²) in [4.78, 5) is 28.4. The summed E-state index contributed by atoms with van der Waals surface area (Å²) in [6.07, 6.45) is 6.99. The molecule has 1 amide bonds. The molecule has 0 atom stereocenters. The Morgan fingerprint density at radius 1 is 1.00 bits per heavy atom. The molecule has 0 radical (unpaired) electrons. The second-order valence-electron chi connectivity index (χ2n) is 8.86. The molecule has 0 N–H and O–H groups in total. The van der Waals surface area contributed by atoms with Crippen LogP contribution in [0.5, 0.6) is 0 Å². The van der Waals surface area contributed by atoms with E-state index in [4.69, 9.17) is 0 Å². The quantitative estimate of drug-likeness (QED) is 0.484. The van der Waals surface area contributed by atoms with Crippen LogP contribution < -0.4 is 4.90 Å². The molecule has 166 valence electrons. The number of halogens is 1. The summed E-state index contributed by atoms with van der Waals surface area (Å²) in [5.41, 5.74) is 2.01. The van der Waals surface area contributed by atoms with Crippen LogP contribution in [0, 0.1) is 11.2 Å². The highest BCUT2D eigenvalue weighted by Gasteiger charge is 2.48. The van der Waals surface area contributed by atoms with E-state index in [1.165, 1.54) is 16.9 Å². The predicted molar refractivity (Wildman–Crippen MR) is 121 cm³/mol. The maximum atomic E-state index is 13.6. The molecule has 3 heterocycles. The lowest BCUT2D eigenvalue weighted by atomic mass is 10.1. The SMILES string of the molecule is O=C(c1ccccc1-n1nccn1)N1CCN(c2ncc3cc(F)ccc3n2)CC2(CC2)C1. The Kier molecular flexibility index (Phi) is 4.56. The molecule has 9 heteroatoms. The van der Waals surface area contributed by atoms with Crippen LogP contribution in [0.15, 0.2) is 61.1 Å². The van der Waals surface area contributed by atoms with E-state index in [-0.39, 0.29) is 17.1 Å². The monoisotopic (exact) mass is 443 g/mol. The Balaban J connectivity index is 1.28. The van der Waals surface area contributed by atoms with Crippen molar-refractivity contribution in [3.05, 3.63) is 72.4 Å². The number of anilines is 1. The summed E-state index contributed by atoms with van der Waals surface area (Å²) in [5, 5.41) is 9.08. The Morgan fingerprint density at radius 2 is 1.82 bits per heavy atom. The van der Waals surface area contributed by atoms with E-state index in [1.54, 1.807) is 24.7 Å². The van der Waals surface area contributed by atoms with Crippen molar-refractivity contribution >= 4 is 22.8 Å². The Hall–Kier alpha value is -3.88. The van der Waals surface area contributed by atoms with Gasteiger partial charge in [0, 0.05) is 43.2 Å². The van der Waals surface area contributed by atoms with Crippen LogP contribution in [-0.2, 0) is 0 Å². The molecule has 33 heavy (non-hydrogen) atoms. The van der Waals surface area contributed by atoms with Crippen molar-refractivity contribution < 1.29 is 9.18 Å². The van der Waals surface area contributed by atoms with Gasteiger partial charge in [0.25, 0.3) is 5.91 Å². The molecule has 2 aromatic carbocycles. The average molecular weight is 443 g/mol. The molecule has 1 aliphatic heterocycles. The summed E-state index contributed by atoms with van der Waals surface area (Å²) in [5.74, 6) is 0.298. The number of carbonyl (C=O) groups is 1. The lowest BCUT2D eigenvalue weighted by Gasteiger charge is -2.24. The minimum Gasteiger partial charge on any atom is -0.338 e. The van der Waals surface area contributed by atoms with Gasteiger partial charge in [-0.25, -0.2) is 14.4 Å². The predicted octanol–water partition coefficient (Wildman–Crippen LogP) is 3.09. The molecule has 1 spiro atoms. The molecular weight excluding hydrogens is 421 g/mol. The number of carbonyl (C=O) groups excluding carboxylic acids is 1. The first-order valence-corrected chi connectivity index (χ1v) is 11.0. The maximum Gasteiger partial charge on any atom is 0.256 e. The normalized spacial score (nSPS) is 17.4. The second kappa shape index (κ2) is 7.61. The molecular formula is C24H22FN7O. The Morgan fingerprint density at radius 3 is 2.64 bits per heavy atom. The third kappa shape index (κ3) is 3.69. The first kappa shape index (κ1) is 19.8. The average Bonchev–Trinajstić information content (AvgIpc) is 3.44. The summed E-state index contributed by atoms with van der Waals surface area (Å²) in [6.45, 7) is 2.68. The molecule has 0 unspecified atom stereocenters. The number of para-hydroxylation sites is 1. The zero-order valence-electron chi connectivity index (χ0n) is 17.9. The molecule has 2 aromatic heterocycles. The van der Waals surface area contributed by atoms with Crippen LogP contribution in [0.3, 0.4) is 0 Å². The first-order valence-electron chi connectivity index (χ1n) is 11.0. The van der Waals surface area contributed by atoms with Crippen molar-refractivity contribution in [1.82, 2.24) is 29.9 Å². The zero-order chi connectivity index (χ0) is 22.4. The van der Waals surface area contributed by atoms with Crippen LogP contribution in [0.25, 0.3) is 16.6 Å². The fourth-order valence-electron chi connectivity index (χ4n) is 4.58. The standard InChI is InChI=1S/C24H22FN7O/c25-18-5-6-20-17(13-18)14-26-23(29-20)31-12-11-30(15-24(16-31)7-8-24)22(33)19-3-1-2-4-21(19)32-27-9-10-28-32/h1-6,9-10,13-14H,7-8,11-12,15-16H2. The van der Waals surface area contributed by atoms with E-state index in [0.717, 1.165) is 19.4 Å². The molecule has 6 rings (SSSR count). The van der Waals surface area contributed by atoms with Gasteiger partial charge in [-0.1, -0.05) is 12.1 Å². The van der Waals surface area contributed by atoms with Gasteiger partial charge >= 0.3 is 0 Å². The highest BCUT2D eigenvalue weighted by Crippen LogP contribution is 2.48. The number of nitrogens with zero attached hydrogens (tertiary/aromatic N) is 7. The number of hydrogen-bond donors (Lipinski definition) is 0. The van der Waals surface area contributed by atoms with E-state index >= 15 is 0 Å². The molecule has 0 bridgehead atoms. The lowest BCUT2D eigenvalue weighted by Crippen LogP contribution is -2.37. The van der Waals surface area contributed by atoms with E-state index in [1.807, 2.05) is 29.2 Å². The van der Waals surface area contributed by atoms with Gasteiger partial charge in [0.2, 0.25) is 5.95 Å². The highest BCUT2D eigenvalue weighted by molar-refractivity contribution is 5.97. The number of amides is 1. The number of hydrogen-bond acceptors (Lipinski definition) is 6. The van der Waals surface area contributed by atoms with Gasteiger partial charge in [-0.15, -0.1) is 0 Å². The maximum absolute atomic E-state index is 13.6. The van der Waals surface area contributed by atoms with Gasteiger partial charge in [0.15, 0.2) is 0 Å². The fourth-order valence-corrected chi connectivity index (χ4v) is 4.58. The van der Waals surface area contributed by atoms with Gasteiger partial charge in [-0.3, -0.25) is 4.79 Å². The molecule has 8 nitrogen and oxygen atoms in total. The summed E-state index contributed by atoms with van der Waals surface area (Å²) in [7, 11) is 0. The van der Waals surface area contributed by atoms with Crippen molar-refractivity contribution in [2.45, 2.75) is 12.8 Å². The smallest absolute Gasteiger partial charge is 0.256 e. The van der Waals surface area contributed by atoms with Gasteiger partial charge in [-0.2, -0.15) is 15.0 Å². The lowest BCUT2D eigenvalue weighted by molar-refractivity contribution is 0.0740. The molecule has 4 aromatic rings. The summed E-state index contributed by atoms with van der Waals surface area (Å²) in [6, 6.07) is 12.0. The number of fused-ring (bicyclic) bond motifs is 1. The third-order valence-corrected chi connectivity index (χ3v) is 6.52. The van der Waals surface area contributed by atoms with Gasteiger partial charge < -0.3 is 9.80 Å². The van der Waals surface area contributed by atoms with Crippen molar-refractivity contribution in [2.75, 3.05) is 31.1 Å². The molecule has 1 saturated heterocycles. The third-order valence-electron chi connectivity index (χ3n) is 6.52. The molecule has 2 aliphatic rings. The fraction of sp³-hybridized carbons (Fsp3) is 0.292. The van der Waals surface area contributed by atoms with E-state index < -0.39 is 0 Å². The first-order chi connectivity index (χ1) is 16.1. The van der Waals surface area contributed by atoms with Gasteiger partial charge in [-0.05, 0) is 43.2 Å². The van der Waals surface area contributed by atoms with E-state index in [2.05, 4.69) is 25.1 Å². The topological polar surface area (TPSA) is 80.0 Å². The van der Waals surface area contributed by atoms with Crippen LogP contribution in [0.1, 0.15) is 23.2 Å². The van der Waals surface area contributed by atoms with Crippen molar-refractivity contribution in [1.29, 1.82) is 0 Å². The van der Waals surface area contributed by atoms with Gasteiger partial charge in [0.1, 0.15) is 5.82 Å².